The monoisotopic (exact) mass is 341 g/mol. The van der Waals surface area contributed by atoms with Crippen LogP contribution in [0.4, 0.5) is 0 Å². The number of hydrogen-bond acceptors (Lipinski definition) is 3. The summed E-state index contributed by atoms with van der Waals surface area (Å²) in [5.74, 6) is 0. The van der Waals surface area contributed by atoms with Gasteiger partial charge in [0.15, 0.2) is 0 Å². The van der Waals surface area contributed by atoms with Crippen LogP contribution in [-0.2, 0) is 6.42 Å². The van der Waals surface area contributed by atoms with Gasteiger partial charge in [0, 0.05) is 0 Å². The Bertz CT molecular complexity index is 715. The number of aliphatic hydroxyl groups is 2. The van der Waals surface area contributed by atoms with Gasteiger partial charge in [-0.25, -0.2) is 0 Å². The first-order valence-electron chi connectivity index (χ1n) is 6.97. The van der Waals surface area contributed by atoms with Gasteiger partial charge in [0.1, 0.15) is 17.2 Å². The molecule has 118 valence electrons. The molecule has 2 rings (SSSR count). The van der Waals surface area contributed by atoms with E-state index in [0.29, 0.717) is 5.56 Å². The number of rotatable bonds is 5. The molecule has 1 aromatic carbocycles. The first-order valence-corrected chi connectivity index (χ1v) is 7.72. The lowest BCUT2D eigenvalue weighted by atomic mass is 9.98. The maximum Gasteiger partial charge on any atom is 0.267 e. The van der Waals surface area contributed by atoms with Gasteiger partial charge in [-0.2, -0.15) is 0 Å². The molecule has 0 aliphatic rings. The molecule has 2 aromatic rings. The molecule has 0 amide bonds. The summed E-state index contributed by atoms with van der Waals surface area (Å²) >= 11 is 11.7. The second-order valence-corrected chi connectivity index (χ2v) is 5.91. The SMILES string of the molecule is CCCc1cccc(C(O)C(O)c2[nH]c(=O)c(Cl)cc2Cl)c1. The molecule has 1 aromatic heterocycles. The number of aryl methyl sites for hydroxylation is 1. The summed E-state index contributed by atoms with van der Waals surface area (Å²) in [4.78, 5) is 14.0. The number of pyridine rings is 1. The summed E-state index contributed by atoms with van der Waals surface area (Å²) in [6.45, 7) is 2.07. The Kier molecular flexibility index (Phi) is 5.64. The van der Waals surface area contributed by atoms with Crippen LogP contribution in [0.25, 0.3) is 0 Å². The lowest BCUT2D eigenvalue weighted by molar-refractivity contribution is 0.0145. The smallest absolute Gasteiger partial charge is 0.267 e. The number of nitrogens with one attached hydrogen (secondary N) is 1. The van der Waals surface area contributed by atoms with Crippen molar-refractivity contribution in [1.29, 1.82) is 0 Å². The molecule has 4 nitrogen and oxygen atoms in total. The van der Waals surface area contributed by atoms with E-state index in [9.17, 15) is 15.0 Å². The number of aromatic amines is 1. The summed E-state index contributed by atoms with van der Waals surface area (Å²) in [5, 5.41) is 20.7. The van der Waals surface area contributed by atoms with Crippen molar-refractivity contribution in [3.05, 3.63) is 67.6 Å². The molecule has 0 radical (unpaired) electrons. The van der Waals surface area contributed by atoms with Gasteiger partial charge in [0.25, 0.3) is 5.56 Å². The Hall–Kier alpha value is -1.33. The highest BCUT2D eigenvalue weighted by Crippen LogP contribution is 2.32. The lowest BCUT2D eigenvalue weighted by Gasteiger charge is -2.20. The Morgan fingerprint density at radius 1 is 1.14 bits per heavy atom. The van der Waals surface area contributed by atoms with Crippen molar-refractivity contribution < 1.29 is 10.2 Å². The van der Waals surface area contributed by atoms with Gasteiger partial charge in [-0.3, -0.25) is 4.79 Å². The van der Waals surface area contributed by atoms with Gasteiger partial charge in [0.05, 0.1) is 10.7 Å². The maximum absolute atomic E-state index is 11.6. The minimum Gasteiger partial charge on any atom is -0.385 e. The van der Waals surface area contributed by atoms with Crippen molar-refractivity contribution in [3.63, 3.8) is 0 Å². The van der Waals surface area contributed by atoms with Crippen LogP contribution in [0.1, 0.15) is 42.4 Å². The summed E-state index contributed by atoms with van der Waals surface area (Å²) < 4.78 is 0. The van der Waals surface area contributed by atoms with Crippen LogP contribution in [0.15, 0.2) is 35.1 Å². The van der Waals surface area contributed by atoms with Crippen LogP contribution in [-0.4, -0.2) is 15.2 Å². The Morgan fingerprint density at radius 2 is 1.86 bits per heavy atom. The van der Waals surface area contributed by atoms with Crippen molar-refractivity contribution in [3.8, 4) is 0 Å². The molecular weight excluding hydrogens is 325 g/mol. The van der Waals surface area contributed by atoms with Crippen molar-refractivity contribution in [2.75, 3.05) is 0 Å². The first kappa shape index (κ1) is 17.0. The number of aromatic nitrogens is 1. The molecule has 0 saturated heterocycles. The zero-order valence-corrected chi connectivity index (χ0v) is 13.5. The molecule has 0 bridgehead atoms. The predicted octanol–water partition coefficient (Wildman–Crippen LogP) is 3.40. The molecule has 0 saturated carbocycles. The third-order valence-electron chi connectivity index (χ3n) is 3.40. The highest BCUT2D eigenvalue weighted by molar-refractivity contribution is 6.34. The van der Waals surface area contributed by atoms with Crippen LogP contribution >= 0.6 is 23.2 Å². The molecule has 3 N–H and O–H groups in total. The van der Waals surface area contributed by atoms with Crippen molar-refractivity contribution >= 4 is 23.2 Å². The van der Waals surface area contributed by atoms with Crippen LogP contribution in [0, 0.1) is 0 Å². The van der Waals surface area contributed by atoms with Gasteiger partial charge >= 0.3 is 0 Å². The average molecular weight is 342 g/mol. The van der Waals surface area contributed by atoms with Gasteiger partial charge in [-0.15, -0.1) is 0 Å². The molecule has 2 atom stereocenters. The minimum atomic E-state index is -1.35. The first-order chi connectivity index (χ1) is 10.4. The predicted molar refractivity (Wildman–Crippen MR) is 87.4 cm³/mol. The molecule has 0 aliphatic heterocycles. The van der Waals surface area contributed by atoms with Crippen LogP contribution in [0.2, 0.25) is 10.0 Å². The Labute approximate surface area is 138 Å². The second-order valence-electron chi connectivity index (χ2n) is 5.09. The highest BCUT2D eigenvalue weighted by Gasteiger charge is 2.24. The largest absolute Gasteiger partial charge is 0.385 e. The molecule has 0 spiro atoms. The van der Waals surface area contributed by atoms with Gasteiger partial charge in [0.2, 0.25) is 0 Å². The fraction of sp³-hybridized carbons (Fsp3) is 0.312. The van der Waals surface area contributed by atoms with Gasteiger partial charge in [-0.1, -0.05) is 60.8 Å². The van der Waals surface area contributed by atoms with Gasteiger partial charge in [-0.05, 0) is 23.6 Å². The topological polar surface area (TPSA) is 73.3 Å². The Morgan fingerprint density at radius 3 is 2.55 bits per heavy atom. The summed E-state index contributed by atoms with van der Waals surface area (Å²) in [7, 11) is 0. The maximum atomic E-state index is 11.6. The zero-order chi connectivity index (χ0) is 16.3. The van der Waals surface area contributed by atoms with Crippen LogP contribution in [0.5, 0.6) is 0 Å². The normalized spacial score (nSPS) is 13.9. The van der Waals surface area contributed by atoms with E-state index >= 15 is 0 Å². The number of halogens is 2. The average Bonchev–Trinajstić information content (AvgIpc) is 2.50. The van der Waals surface area contributed by atoms with E-state index in [4.69, 9.17) is 23.2 Å². The fourth-order valence-corrected chi connectivity index (χ4v) is 2.75. The number of H-pyrrole nitrogens is 1. The van der Waals surface area contributed by atoms with E-state index in [1.165, 1.54) is 6.07 Å². The van der Waals surface area contributed by atoms with E-state index in [0.717, 1.165) is 18.4 Å². The second kappa shape index (κ2) is 7.29. The number of aliphatic hydroxyl groups excluding tert-OH is 2. The van der Waals surface area contributed by atoms with E-state index in [1.807, 2.05) is 18.2 Å². The third kappa shape index (κ3) is 3.70. The standard InChI is InChI=1S/C16H17Cl2NO3/c1-2-4-9-5-3-6-10(7-9)14(20)15(21)13-11(17)8-12(18)16(22)19-13/h3,5-8,14-15,20-21H,2,4H2,1H3,(H,19,22). The summed E-state index contributed by atoms with van der Waals surface area (Å²) in [6, 6.07) is 8.58. The molecular formula is C16H17Cl2NO3. The van der Waals surface area contributed by atoms with Crippen LogP contribution < -0.4 is 5.56 Å². The Balaban J connectivity index is 2.33. The van der Waals surface area contributed by atoms with E-state index < -0.39 is 17.8 Å². The van der Waals surface area contributed by atoms with E-state index in [2.05, 4.69) is 11.9 Å². The molecule has 0 fully saturated rings. The minimum absolute atomic E-state index is 0.0458. The molecule has 22 heavy (non-hydrogen) atoms. The zero-order valence-electron chi connectivity index (χ0n) is 12.0. The fourth-order valence-electron chi connectivity index (χ4n) is 2.27. The molecule has 2 unspecified atom stereocenters. The molecule has 0 aliphatic carbocycles. The summed E-state index contributed by atoms with van der Waals surface area (Å²) in [5.41, 5.74) is 1.11. The molecule has 1 heterocycles. The van der Waals surface area contributed by atoms with Crippen molar-refractivity contribution in [2.45, 2.75) is 32.0 Å². The molecule has 6 heteroatoms. The number of hydrogen-bond donors (Lipinski definition) is 3. The highest BCUT2D eigenvalue weighted by atomic mass is 35.5. The van der Waals surface area contributed by atoms with E-state index in [-0.39, 0.29) is 15.7 Å². The summed E-state index contributed by atoms with van der Waals surface area (Å²) in [6.07, 6.45) is -0.686. The third-order valence-corrected chi connectivity index (χ3v) is 4.00. The lowest BCUT2D eigenvalue weighted by Crippen LogP contribution is -2.17. The quantitative estimate of drug-likeness (QED) is 0.780. The van der Waals surface area contributed by atoms with Crippen molar-refractivity contribution in [2.24, 2.45) is 0 Å². The van der Waals surface area contributed by atoms with Crippen LogP contribution in [0.3, 0.4) is 0 Å². The van der Waals surface area contributed by atoms with E-state index in [1.54, 1.807) is 6.07 Å². The van der Waals surface area contributed by atoms with Crippen molar-refractivity contribution in [1.82, 2.24) is 4.98 Å². The van der Waals surface area contributed by atoms with Gasteiger partial charge < -0.3 is 15.2 Å². The number of benzene rings is 1.